The van der Waals surface area contributed by atoms with Crippen molar-refractivity contribution in [3.63, 3.8) is 0 Å². The first-order valence-electron chi connectivity index (χ1n) is 5.31. The number of carbonyl (C=O) groups excluding carboxylic acids is 1. The molecule has 1 aromatic rings. The summed E-state index contributed by atoms with van der Waals surface area (Å²) in [6, 6.07) is 4.43. The van der Waals surface area contributed by atoms with Crippen LogP contribution in [0.15, 0.2) is 23.8 Å². The molecule has 100 valence electrons. The smallest absolute Gasteiger partial charge is 0.348 e. The summed E-state index contributed by atoms with van der Waals surface area (Å²) in [6.07, 6.45) is 1.00. The minimum absolute atomic E-state index is 0.0136. The predicted molar refractivity (Wildman–Crippen MR) is 62.8 cm³/mol. The summed E-state index contributed by atoms with van der Waals surface area (Å²) in [5.74, 6) is -2.49. The molecule has 1 aromatic carbocycles. The first-order valence-corrected chi connectivity index (χ1v) is 5.31. The molecule has 1 rings (SSSR count). The van der Waals surface area contributed by atoms with Gasteiger partial charge in [0, 0.05) is 18.7 Å². The number of carbonyl (C=O) groups is 1. The van der Waals surface area contributed by atoms with E-state index < -0.39 is 17.6 Å². The van der Waals surface area contributed by atoms with Crippen molar-refractivity contribution < 1.29 is 23.0 Å². The Hall–Kier alpha value is -2.26. The zero-order chi connectivity index (χ0) is 14.3. The van der Waals surface area contributed by atoms with Crippen molar-refractivity contribution in [2.24, 2.45) is 0 Å². The van der Waals surface area contributed by atoms with Gasteiger partial charge in [0.2, 0.25) is 0 Å². The fraction of sp³-hybridized carbons (Fsp3) is 0.231. The molecule has 0 unspecified atom stereocenters. The van der Waals surface area contributed by atoms with Gasteiger partial charge in [0.1, 0.15) is 29.9 Å². The lowest BCUT2D eigenvalue weighted by atomic mass is 10.1. The average molecular weight is 267 g/mol. The first-order chi connectivity index (χ1) is 9.08. The SMILES string of the molecule is COCCOC(=O)/C(C#N)=C/c1ccc(F)cc1F. The highest BCUT2D eigenvalue weighted by molar-refractivity contribution is 5.97. The molecule has 4 nitrogen and oxygen atoms in total. The molecular weight excluding hydrogens is 256 g/mol. The highest BCUT2D eigenvalue weighted by Gasteiger charge is 2.12. The molecule has 0 bridgehead atoms. The third-order valence-electron chi connectivity index (χ3n) is 2.12. The van der Waals surface area contributed by atoms with Gasteiger partial charge >= 0.3 is 5.97 Å². The van der Waals surface area contributed by atoms with Gasteiger partial charge in [-0.3, -0.25) is 0 Å². The van der Waals surface area contributed by atoms with E-state index in [4.69, 9.17) is 10.00 Å². The molecule has 0 spiro atoms. The molecule has 0 saturated carbocycles. The number of rotatable bonds is 5. The normalized spacial score (nSPS) is 10.9. The number of nitrogens with zero attached hydrogens (tertiary/aromatic N) is 1. The number of esters is 1. The Morgan fingerprint density at radius 2 is 2.16 bits per heavy atom. The van der Waals surface area contributed by atoms with Crippen molar-refractivity contribution in [1.29, 1.82) is 5.26 Å². The van der Waals surface area contributed by atoms with E-state index >= 15 is 0 Å². The minimum atomic E-state index is -0.886. The molecule has 0 radical (unpaired) electrons. The summed E-state index contributed by atoms with van der Waals surface area (Å²) in [6.45, 7) is 0.176. The van der Waals surface area contributed by atoms with Crippen molar-refractivity contribution in [3.8, 4) is 6.07 Å². The van der Waals surface area contributed by atoms with E-state index in [2.05, 4.69) is 4.74 Å². The molecule has 0 atom stereocenters. The van der Waals surface area contributed by atoms with Crippen LogP contribution in [-0.2, 0) is 14.3 Å². The predicted octanol–water partition coefficient (Wildman–Crippen LogP) is 2.06. The van der Waals surface area contributed by atoms with Gasteiger partial charge in [-0.1, -0.05) is 0 Å². The molecule has 0 heterocycles. The molecule has 0 amide bonds. The van der Waals surface area contributed by atoms with Crippen molar-refractivity contribution >= 4 is 12.0 Å². The van der Waals surface area contributed by atoms with Crippen molar-refractivity contribution in [2.75, 3.05) is 20.3 Å². The van der Waals surface area contributed by atoms with Gasteiger partial charge in [0.05, 0.1) is 6.61 Å². The summed E-state index contributed by atoms with van der Waals surface area (Å²) < 4.78 is 35.4. The average Bonchev–Trinajstić information content (AvgIpc) is 2.38. The van der Waals surface area contributed by atoms with Crippen molar-refractivity contribution in [2.45, 2.75) is 0 Å². The van der Waals surface area contributed by atoms with E-state index in [1.54, 1.807) is 6.07 Å². The maximum Gasteiger partial charge on any atom is 0.348 e. The maximum absolute atomic E-state index is 13.4. The van der Waals surface area contributed by atoms with Gasteiger partial charge in [0.15, 0.2) is 0 Å². The van der Waals surface area contributed by atoms with Crippen LogP contribution in [0.4, 0.5) is 8.78 Å². The molecule has 19 heavy (non-hydrogen) atoms. The third kappa shape index (κ3) is 4.48. The van der Waals surface area contributed by atoms with Gasteiger partial charge in [0.25, 0.3) is 0 Å². The highest BCUT2D eigenvalue weighted by atomic mass is 19.1. The molecule has 0 fully saturated rings. The number of methoxy groups -OCH3 is 1. The van der Waals surface area contributed by atoms with Crippen LogP contribution >= 0.6 is 0 Å². The van der Waals surface area contributed by atoms with Crippen LogP contribution in [-0.4, -0.2) is 26.3 Å². The van der Waals surface area contributed by atoms with Crippen LogP contribution < -0.4 is 0 Å². The third-order valence-corrected chi connectivity index (χ3v) is 2.12. The molecule has 0 aromatic heterocycles. The van der Waals surface area contributed by atoms with Crippen LogP contribution in [0, 0.1) is 23.0 Å². The Labute approximate surface area is 108 Å². The van der Waals surface area contributed by atoms with Gasteiger partial charge in [-0.05, 0) is 18.2 Å². The van der Waals surface area contributed by atoms with Gasteiger partial charge in [-0.25, -0.2) is 13.6 Å². The Balaban J connectivity index is 2.87. The van der Waals surface area contributed by atoms with E-state index in [0.29, 0.717) is 6.07 Å². The Morgan fingerprint density at radius 3 is 2.74 bits per heavy atom. The van der Waals surface area contributed by atoms with E-state index in [1.807, 2.05) is 0 Å². The van der Waals surface area contributed by atoms with Crippen LogP contribution in [0.2, 0.25) is 0 Å². The second-order valence-corrected chi connectivity index (χ2v) is 3.46. The molecule has 0 N–H and O–H groups in total. The molecule has 0 saturated heterocycles. The molecule has 0 aliphatic rings. The van der Waals surface area contributed by atoms with E-state index in [-0.39, 0.29) is 24.4 Å². The first kappa shape index (κ1) is 14.8. The summed E-state index contributed by atoms with van der Waals surface area (Å²) in [5.41, 5.74) is -0.441. The number of nitriles is 1. The van der Waals surface area contributed by atoms with E-state index in [1.165, 1.54) is 7.11 Å². The number of hydrogen-bond donors (Lipinski definition) is 0. The second kappa shape index (κ2) is 7.24. The van der Waals surface area contributed by atoms with Crippen molar-refractivity contribution in [3.05, 3.63) is 41.0 Å². The number of benzene rings is 1. The van der Waals surface area contributed by atoms with Crippen LogP contribution in [0.3, 0.4) is 0 Å². The summed E-state index contributed by atoms with van der Waals surface area (Å²) in [4.78, 5) is 11.5. The Kier molecular flexibility index (Phi) is 5.64. The molecular formula is C13H11F2NO3. The zero-order valence-electron chi connectivity index (χ0n) is 10.2. The Bertz CT molecular complexity index is 535. The topological polar surface area (TPSA) is 59.3 Å². The summed E-state index contributed by atoms with van der Waals surface area (Å²) in [5, 5.41) is 8.81. The fourth-order valence-corrected chi connectivity index (χ4v) is 1.21. The van der Waals surface area contributed by atoms with Gasteiger partial charge in [-0.2, -0.15) is 5.26 Å². The highest BCUT2D eigenvalue weighted by Crippen LogP contribution is 2.14. The lowest BCUT2D eigenvalue weighted by molar-refractivity contribution is -0.139. The Morgan fingerprint density at radius 1 is 1.42 bits per heavy atom. The monoisotopic (exact) mass is 267 g/mol. The van der Waals surface area contributed by atoms with Gasteiger partial charge in [-0.15, -0.1) is 0 Å². The van der Waals surface area contributed by atoms with Crippen molar-refractivity contribution in [1.82, 2.24) is 0 Å². The quantitative estimate of drug-likeness (QED) is 0.354. The largest absolute Gasteiger partial charge is 0.459 e. The molecule has 0 aliphatic heterocycles. The fourth-order valence-electron chi connectivity index (χ4n) is 1.21. The number of halogens is 2. The molecule has 6 heteroatoms. The number of hydrogen-bond acceptors (Lipinski definition) is 4. The number of ether oxygens (including phenoxy) is 2. The lowest BCUT2D eigenvalue weighted by Gasteiger charge is -2.03. The minimum Gasteiger partial charge on any atom is -0.459 e. The van der Waals surface area contributed by atoms with E-state index in [0.717, 1.165) is 18.2 Å². The maximum atomic E-state index is 13.4. The van der Waals surface area contributed by atoms with Crippen LogP contribution in [0.1, 0.15) is 5.56 Å². The van der Waals surface area contributed by atoms with E-state index in [9.17, 15) is 13.6 Å². The standard InChI is InChI=1S/C13H11F2NO3/c1-18-4-5-19-13(17)10(8-16)6-9-2-3-11(14)7-12(9)15/h2-3,6-7H,4-5H2,1H3/b10-6+. The zero-order valence-corrected chi connectivity index (χ0v) is 10.2. The van der Waals surface area contributed by atoms with Gasteiger partial charge < -0.3 is 9.47 Å². The summed E-state index contributed by atoms with van der Waals surface area (Å²) in [7, 11) is 1.43. The molecule has 0 aliphatic carbocycles. The van der Waals surface area contributed by atoms with Crippen LogP contribution in [0.25, 0.3) is 6.08 Å². The lowest BCUT2D eigenvalue weighted by Crippen LogP contribution is -2.11. The van der Waals surface area contributed by atoms with Crippen LogP contribution in [0.5, 0.6) is 0 Å². The summed E-state index contributed by atoms with van der Waals surface area (Å²) >= 11 is 0. The second-order valence-electron chi connectivity index (χ2n) is 3.46.